The van der Waals surface area contributed by atoms with Crippen LogP contribution in [0, 0.1) is 5.82 Å². The summed E-state index contributed by atoms with van der Waals surface area (Å²) in [4.78, 5) is 23.7. The summed E-state index contributed by atoms with van der Waals surface area (Å²) in [6.45, 7) is 0.0714. The Bertz CT molecular complexity index is 873. The van der Waals surface area contributed by atoms with Gasteiger partial charge in [0, 0.05) is 5.56 Å². The SMILES string of the molecule is O=C1NC(=S)NC(=O)C1=Cc1cccc(OCc2ccccc2F)c1. The maximum absolute atomic E-state index is 13.6. The van der Waals surface area contributed by atoms with Gasteiger partial charge in [-0.15, -0.1) is 0 Å². The molecule has 0 aromatic heterocycles. The molecule has 2 N–H and O–H groups in total. The molecule has 2 aromatic rings. The van der Waals surface area contributed by atoms with Crippen molar-refractivity contribution >= 4 is 35.2 Å². The smallest absolute Gasteiger partial charge is 0.263 e. The number of hydrogen-bond acceptors (Lipinski definition) is 4. The highest BCUT2D eigenvalue weighted by Crippen LogP contribution is 2.19. The minimum absolute atomic E-state index is 0.0193. The third-order valence-corrected chi connectivity index (χ3v) is 3.67. The number of rotatable bonds is 4. The monoisotopic (exact) mass is 356 g/mol. The maximum atomic E-state index is 13.6. The largest absolute Gasteiger partial charge is 0.489 e. The molecule has 0 unspecified atom stereocenters. The minimum atomic E-state index is -0.563. The zero-order chi connectivity index (χ0) is 17.8. The third kappa shape index (κ3) is 4.07. The van der Waals surface area contributed by atoms with E-state index in [4.69, 9.17) is 17.0 Å². The highest BCUT2D eigenvalue weighted by Gasteiger charge is 2.25. The van der Waals surface area contributed by atoms with Gasteiger partial charge in [-0.25, -0.2) is 4.39 Å². The molecule has 0 spiro atoms. The molecule has 1 aliphatic rings. The van der Waals surface area contributed by atoms with Gasteiger partial charge < -0.3 is 4.74 Å². The summed E-state index contributed by atoms with van der Waals surface area (Å²) < 4.78 is 19.2. The summed E-state index contributed by atoms with van der Waals surface area (Å²) in [6.07, 6.45) is 1.43. The van der Waals surface area contributed by atoms with Crippen LogP contribution in [0.1, 0.15) is 11.1 Å². The first-order valence-corrected chi connectivity index (χ1v) is 7.78. The van der Waals surface area contributed by atoms with E-state index in [-0.39, 0.29) is 23.1 Å². The fourth-order valence-electron chi connectivity index (χ4n) is 2.24. The molecule has 1 heterocycles. The van der Waals surface area contributed by atoms with Crippen LogP contribution in [0.4, 0.5) is 4.39 Å². The van der Waals surface area contributed by atoms with Crippen LogP contribution in [-0.2, 0) is 16.2 Å². The number of thiocarbonyl (C=S) groups is 1. The lowest BCUT2D eigenvalue weighted by atomic mass is 10.1. The minimum Gasteiger partial charge on any atom is -0.489 e. The van der Waals surface area contributed by atoms with E-state index in [2.05, 4.69) is 10.6 Å². The second kappa shape index (κ2) is 7.23. The third-order valence-electron chi connectivity index (χ3n) is 3.46. The molecule has 1 saturated heterocycles. The van der Waals surface area contributed by atoms with Gasteiger partial charge in [-0.3, -0.25) is 20.2 Å². The number of carbonyl (C=O) groups is 2. The van der Waals surface area contributed by atoms with E-state index in [9.17, 15) is 14.0 Å². The summed E-state index contributed by atoms with van der Waals surface area (Å²) in [6, 6.07) is 13.1. The van der Waals surface area contributed by atoms with Crippen molar-refractivity contribution in [3.63, 3.8) is 0 Å². The van der Waals surface area contributed by atoms with Crippen LogP contribution >= 0.6 is 12.2 Å². The van der Waals surface area contributed by atoms with Crippen LogP contribution in [0.3, 0.4) is 0 Å². The van der Waals surface area contributed by atoms with Crippen LogP contribution < -0.4 is 15.4 Å². The second-order valence-electron chi connectivity index (χ2n) is 5.25. The molecule has 0 saturated carbocycles. The number of ether oxygens (including phenoxy) is 1. The number of hydrogen-bond donors (Lipinski definition) is 2. The van der Waals surface area contributed by atoms with E-state index in [1.54, 1.807) is 42.5 Å². The number of amides is 2. The highest BCUT2D eigenvalue weighted by molar-refractivity contribution is 7.80. The molecule has 0 atom stereocenters. The average molecular weight is 356 g/mol. The summed E-state index contributed by atoms with van der Waals surface area (Å²) >= 11 is 4.75. The second-order valence-corrected chi connectivity index (χ2v) is 5.66. The first kappa shape index (κ1) is 16.8. The van der Waals surface area contributed by atoms with Gasteiger partial charge >= 0.3 is 0 Å². The van der Waals surface area contributed by atoms with E-state index >= 15 is 0 Å². The molecule has 0 radical (unpaired) electrons. The Hall–Kier alpha value is -3.06. The maximum Gasteiger partial charge on any atom is 0.263 e. The molecular formula is C18H13FN2O3S. The standard InChI is InChI=1S/C18H13FN2O3S/c19-15-7-2-1-5-12(15)10-24-13-6-3-4-11(8-13)9-14-16(22)20-18(25)21-17(14)23/h1-9H,10H2,(H2,20,21,22,23,25). The van der Waals surface area contributed by atoms with E-state index in [0.717, 1.165) is 0 Å². The first-order valence-electron chi connectivity index (χ1n) is 7.37. The zero-order valence-electron chi connectivity index (χ0n) is 12.9. The van der Waals surface area contributed by atoms with Gasteiger partial charge in [-0.05, 0) is 42.1 Å². The highest BCUT2D eigenvalue weighted by atomic mass is 32.1. The Morgan fingerprint density at radius 3 is 2.48 bits per heavy atom. The molecule has 2 aromatic carbocycles. The van der Waals surface area contributed by atoms with Crippen LogP contribution in [0.2, 0.25) is 0 Å². The molecule has 7 heteroatoms. The van der Waals surface area contributed by atoms with Crippen molar-refractivity contribution in [2.45, 2.75) is 6.61 Å². The molecule has 0 aliphatic carbocycles. The molecule has 1 fully saturated rings. The van der Waals surface area contributed by atoms with E-state index in [1.807, 2.05) is 0 Å². The Kier molecular flexibility index (Phi) is 4.85. The molecule has 0 bridgehead atoms. The zero-order valence-corrected chi connectivity index (χ0v) is 13.7. The Balaban J connectivity index is 1.76. The molecule has 126 valence electrons. The summed E-state index contributed by atoms with van der Waals surface area (Å²) in [7, 11) is 0. The average Bonchev–Trinajstić information content (AvgIpc) is 2.58. The molecular weight excluding hydrogens is 343 g/mol. The predicted octanol–water partition coefficient (Wildman–Crippen LogP) is 2.32. The van der Waals surface area contributed by atoms with Crippen molar-refractivity contribution < 1.29 is 18.7 Å². The van der Waals surface area contributed by atoms with Crippen LogP contribution in [-0.4, -0.2) is 16.9 Å². The van der Waals surface area contributed by atoms with Gasteiger partial charge in [0.25, 0.3) is 11.8 Å². The molecule has 3 rings (SSSR count). The quantitative estimate of drug-likeness (QED) is 0.501. The summed E-state index contributed by atoms with van der Waals surface area (Å²) in [5.74, 6) is -0.977. The van der Waals surface area contributed by atoms with Gasteiger partial charge in [0.1, 0.15) is 23.7 Å². The van der Waals surface area contributed by atoms with Crippen molar-refractivity contribution in [2.24, 2.45) is 0 Å². The topological polar surface area (TPSA) is 67.4 Å². The first-order chi connectivity index (χ1) is 12.0. The van der Waals surface area contributed by atoms with E-state index in [1.165, 1.54) is 12.1 Å². The van der Waals surface area contributed by atoms with Gasteiger partial charge in [0.05, 0.1) is 0 Å². The number of carbonyl (C=O) groups excluding carboxylic acids is 2. The summed E-state index contributed by atoms with van der Waals surface area (Å²) in [5, 5.41) is 4.71. The van der Waals surface area contributed by atoms with Crippen LogP contribution in [0.15, 0.2) is 54.1 Å². The van der Waals surface area contributed by atoms with Gasteiger partial charge in [-0.1, -0.05) is 30.3 Å². The fraction of sp³-hybridized carbons (Fsp3) is 0.0556. The number of halogens is 1. The predicted molar refractivity (Wildman–Crippen MR) is 94.0 cm³/mol. The lowest BCUT2D eigenvalue weighted by molar-refractivity contribution is -0.123. The molecule has 2 amide bonds. The van der Waals surface area contributed by atoms with E-state index in [0.29, 0.717) is 16.9 Å². The molecule has 25 heavy (non-hydrogen) atoms. The van der Waals surface area contributed by atoms with Crippen molar-refractivity contribution in [3.8, 4) is 5.75 Å². The number of benzene rings is 2. The normalized spacial score (nSPS) is 14.0. The molecule has 1 aliphatic heterocycles. The lowest BCUT2D eigenvalue weighted by Gasteiger charge is -2.16. The Morgan fingerprint density at radius 1 is 1.04 bits per heavy atom. The lowest BCUT2D eigenvalue weighted by Crippen LogP contribution is -2.51. The van der Waals surface area contributed by atoms with Crippen molar-refractivity contribution in [3.05, 3.63) is 71.0 Å². The van der Waals surface area contributed by atoms with Crippen LogP contribution in [0.5, 0.6) is 5.75 Å². The van der Waals surface area contributed by atoms with Crippen molar-refractivity contribution in [1.29, 1.82) is 0 Å². The Morgan fingerprint density at radius 2 is 1.76 bits per heavy atom. The summed E-state index contributed by atoms with van der Waals surface area (Å²) in [5.41, 5.74) is 0.977. The van der Waals surface area contributed by atoms with Gasteiger partial charge in [0.2, 0.25) is 0 Å². The fourth-order valence-corrected chi connectivity index (χ4v) is 2.43. The van der Waals surface area contributed by atoms with E-state index < -0.39 is 11.8 Å². The van der Waals surface area contributed by atoms with Gasteiger partial charge in [-0.2, -0.15) is 0 Å². The van der Waals surface area contributed by atoms with Crippen LogP contribution in [0.25, 0.3) is 6.08 Å². The van der Waals surface area contributed by atoms with Crippen molar-refractivity contribution in [2.75, 3.05) is 0 Å². The number of nitrogens with one attached hydrogen (secondary N) is 2. The Labute approximate surface area is 148 Å². The van der Waals surface area contributed by atoms with Gasteiger partial charge in [0.15, 0.2) is 5.11 Å². The van der Waals surface area contributed by atoms with Crippen molar-refractivity contribution in [1.82, 2.24) is 10.6 Å². The molecule has 5 nitrogen and oxygen atoms in total.